The fourth-order valence-electron chi connectivity index (χ4n) is 3.93. The molecule has 178 valence electrons. The predicted octanol–water partition coefficient (Wildman–Crippen LogP) is 3.69. The molecule has 1 fully saturated rings. The smallest absolute Gasteiger partial charge is 0.253 e. The highest BCUT2D eigenvalue weighted by atomic mass is 32.2. The van der Waals surface area contributed by atoms with Gasteiger partial charge in [-0.3, -0.25) is 19.1 Å². The molecule has 0 spiro atoms. The van der Waals surface area contributed by atoms with Crippen LogP contribution >= 0.6 is 11.8 Å². The number of carbonyl (C=O) groups excluding carboxylic acids is 2. The number of rotatable bonds is 8. The van der Waals surface area contributed by atoms with Gasteiger partial charge in [0, 0.05) is 31.0 Å². The van der Waals surface area contributed by atoms with Crippen molar-refractivity contribution >= 4 is 29.3 Å². The molecule has 2 heterocycles. The Labute approximate surface area is 204 Å². The van der Waals surface area contributed by atoms with E-state index in [1.165, 1.54) is 35.9 Å². The molecule has 8 nitrogen and oxygen atoms in total. The number of carbonyl (C=O) groups is 2. The SMILES string of the molecule is CN(C)C(=O)c1ccc(NC(=O)CSc2nnc(CN3CCCCC3)n2-c2ccccc2)cc1. The van der Waals surface area contributed by atoms with Crippen LogP contribution in [0.25, 0.3) is 5.69 Å². The Balaban J connectivity index is 1.43. The van der Waals surface area contributed by atoms with Crippen LogP contribution in [0.15, 0.2) is 59.8 Å². The van der Waals surface area contributed by atoms with E-state index in [4.69, 9.17) is 0 Å². The largest absolute Gasteiger partial charge is 0.345 e. The van der Waals surface area contributed by atoms with Crippen molar-refractivity contribution in [3.8, 4) is 5.69 Å². The Hall–Kier alpha value is -3.17. The van der Waals surface area contributed by atoms with Crippen molar-refractivity contribution < 1.29 is 9.59 Å². The van der Waals surface area contributed by atoms with Crippen LogP contribution in [0.3, 0.4) is 0 Å². The van der Waals surface area contributed by atoms with E-state index in [2.05, 4.69) is 20.4 Å². The zero-order chi connectivity index (χ0) is 23.9. The molecule has 0 atom stereocenters. The third-order valence-electron chi connectivity index (χ3n) is 5.68. The number of para-hydroxylation sites is 1. The summed E-state index contributed by atoms with van der Waals surface area (Å²) in [6.45, 7) is 2.89. The molecule has 1 saturated heterocycles. The number of piperidine rings is 1. The van der Waals surface area contributed by atoms with E-state index in [0.29, 0.717) is 16.4 Å². The van der Waals surface area contributed by atoms with E-state index >= 15 is 0 Å². The number of hydrogen-bond acceptors (Lipinski definition) is 6. The number of benzene rings is 2. The van der Waals surface area contributed by atoms with Gasteiger partial charge in [0.15, 0.2) is 11.0 Å². The second-order valence-corrected chi connectivity index (χ2v) is 9.46. The number of amides is 2. The van der Waals surface area contributed by atoms with E-state index in [9.17, 15) is 9.59 Å². The van der Waals surface area contributed by atoms with Gasteiger partial charge < -0.3 is 10.2 Å². The molecule has 0 unspecified atom stereocenters. The zero-order valence-corrected chi connectivity index (χ0v) is 20.4. The highest BCUT2D eigenvalue weighted by Gasteiger charge is 2.19. The standard InChI is InChI=1S/C25H30N6O2S/c1-29(2)24(33)19-11-13-20(14-12-19)26-23(32)18-34-25-28-27-22(17-30-15-7-4-8-16-30)31(25)21-9-5-3-6-10-21/h3,5-6,9-14H,4,7-8,15-18H2,1-2H3,(H,26,32). The quantitative estimate of drug-likeness (QED) is 0.497. The van der Waals surface area contributed by atoms with Gasteiger partial charge in [-0.2, -0.15) is 0 Å². The van der Waals surface area contributed by atoms with Gasteiger partial charge >= 0.3 is 0 Å². The highest BCUT2D eigenvalue weighted by molar-refractivity contribution is 7.99. The second kappa shape index (κ2) is 11.3. The van der Waals surface area contributed by atoms with Crippen molar-refractivity contribution in [2.75, 3.05) is 38.3 Å². The van der Waals surface area contributed by atoms with Crippen LogP contribution in [-0.2, 0) is 11.3 Å². The Morgan fingerprint density at radius 3 is 2.35 bits per heavy atom. The van der Waals surface area contributed by atoms with Gasteiger partial charge in [-0.25, -0.2) is 0 Å². The van der Waals surface area contributed by atoms with Crippen molar-refractivity contribution in [1.29, 1.82) is 0 Å². The van der Waals surface area contributed by atoms with Crippen LogP contribution in [0.1, 0.15) is 35.4 Å². The van der Waals surface area contributed by atoms with Crippen molar-refractivity contribution in [2.24, 2.45) is 0 Å². The molecule has 9 heteroatoms. The molecule has 1 aliphatic rings. The minimum absolute atomic E-state index is 0.0750. The van der Waals surface area contributed by atoms with Crippen LogP contribution in [0.4, 0.5) is 5.69 Å². The van der Waals surface area contributed by atoms with Crippen LogP contribution in [0.2, 0.25) is 0 Å². The molecule has 4 rings (SSSR count). The Kier molecular flexibility index (Phi) is 7.97. The van der Waals surface area contributed by atoms with E-state index in [-0.39, 0.29) is 17.6 Å². The molecule has 2 amide bonds. The molecule has 1 aliphatic heterocycles. The Bertz CT molecular complexity index is 1110. The molecule has 0 saturated carbocycles. The summed E-state index contributed by atoms with van der Waals surface area (Å²) in [5, 5.41) is 12.5. The number of hydrogen-bond donors (Lipinski definition) is 1. The molecule has 3 aromatic rings. The molecule has 0 radical (unpaired) electrons. The first kappa shape index (κ1) is 24.0. The van der Waals surface area contributed by atoms with Crippen LogP contribution in [0.5, 0.6) is 0 Å². The van der Waals surface area contributed by atoms with Crippen LogP contribution in [-0.4, -0.2) is 69.3 Å². The van der Waals surface area contributed by atoms with Crippen molar-refractivity contribution in [3.05, 3.63) is 66.0 Å². The normalized spacial score (nSPS) is 14.1. The highest BCUT2D eigenvalue weighted by Crippen LogP contribution is 2.24. The lowest BCUT2D eigenvalue weighted by molar-refractivity contribution is -0.113. The number of anilines is 1. The monoisotopic (exact) mass is 478 g/mol. The molecule has 1 N–H and O–H groups in total. The van der Waals surface area contributed by atoms with E-state index in [1.807, 2.05) is 34.9 Å². The molecule has 2 aromatic carbocycles. The molecular formula is C25H30N6O2S. The van der Waals surface area contributed by atoms with Gasteiger partial charge in [0.1, 0.15) is 0 Å². The lowest BCUT2D eigenvalue weighted by atomic mass is 10.1. The average molecular weight is 479 g/mol. The van der Waals surface area contributed by atoms with Crippen molar-refractivity contribution in [1.82, 2.24) is 24.6 Å². The van der Waals surface area contributed by atoms with Gasteiger partial charge in [-0.15, -0.1) is 10.2 Å². The molecule has 1 aromatic heterocycles. The number of thioether (sulfide) groups is 1. The number of likely N-dealkylation sites (tertiary alicyclic amines) is 1. The molecular weight excluding hydrogens is 448 g/mol. The molecule has 34 heavy (non-hydrogen) atoms. The minimum atomic E-state index is -0.142. The second-order valence-electron chi connectivity index (χ2n) is 8.52. The number of nitrogens with one attached hydrogen (secondary N) is 1. The van der Waals surface area contributed by atoms with Crippen LogP contribution < -0.4 is 5.32 Å². The van der Waals surface area contributed by atoms with Crippen LogP contribution in [0, 0.1) is 0 Å². The summed E-state index contributed by atoms with van der Waals surface area (Å²) in [7, 11) is 3.42. The first-order valence-corrected chi connectivity index (χ1v) is 12.5. The number of nitrogens with zero attached hydrogens (tertiary/aromatic N) is 5. The Morgan fingerprint density at radius 2 is 1.68 bits per heavy atom. The third kappa shape index (κ3) is 6.03. The van der Waals surface area contributed by atoms with E-state index in [1.54, 1.807) is 38.4 Å². The third-order valence-corrected chi connectivity index (χ3v) is 6.61. The number of aromatic nitrogens is 3. The maximum atomic E-state index is 12.6. The fraction of sp³-hybridized carbons (Fsp3) is 0.360. The molecule has 0 aliphatic carbocycles. The summed E-state index contributed by atoms with van der Waals surface area (Å²) in [5.74, 6) is 0.871. The lowest BCUT2D eigenvalue weighted by Gasteiger charge is -2.26. The molecule has 0 bridgehead atoms. The Morgan fingerprint density at radius 1 is 0.971 bits per heavy atom. The topological polar surface area (TPSA) is 83.4 Å². The zero-order valence-electron chi connectivity index (χ0n) is 19.6. The maximum absolute atomic E-state index is 12.6. The van der Waals surface area contributed by atoms with Crippen molar-refractivity contribution in [3.63, 3.8) is 0 Å². The first-order chi connectivity index (χ1) is 16.5. The van der Waals surface area contributed by atoms with E-state index < -0.39 is 0 Å². The van der Waals surface area contributed by atoms with E-state index in [0.717, 1.165) is 31.1 Å². The van der Waals surface area contributed by atoms with Gasteiger partial charge in [-0.05, 0) is 62.3 Å². The fourth-order valence-corrected chi connectivity index (χ4v) is 4.70. The van der Waals surface area contributed by atoms with Gasteiger partial charge in [0.25, 0.3) is 5.91 Å². The average Bonchev–Trinajstić information content (AvgIpc) is 3.26. The summed E-state index contributed by atoms with van der Waals surface area (Å²) in [5.41, 5.74) is 2.22. The minimum Gasteiger partial charge on any atom is -0.345 e. The van der Waals surface area contributed by atoms with Gasteiger partial charge in [0.2, 0.25) is 5.91 Å². The summed E-state index contributed by atoms with van der Waals surface area (Å²) < 4.78 is 2.05. The van der Waals surface area contributed by atoms with Gasteiger partial charge in [-0.1, -0.05) is 36.4 Å². The maximum Gasteiger partial charge on any atom is 0.253 e. The lowest BCUT2D eigenvalue weighted by Crippen LogP contribution is -2.30. The summed E-state index contributed by atoms with van der Waals surface area (Å²) in [6.07, 6.45) is 3.71. The summed E-state index contributed by atoms with van der Waals surface area (Å²) in [6, 6.07) is 16.9. The summed E-state index contributed by atoms with van der Waals surface area (Å²) in [4.78, 5) is 28.6. The summed E-state index contributed by atoms with van der Waals surface area (Å²) >= 11 is 1.36. The van der Waals surface area contributed by atoms with Crippen molar-refractivity contribution in [2.45, 2.75) is 31.0 Å². The first-order valence-electron chi connectivity index (χ1n) is 11.5. The van der Waals surface area contributed by atoms with Gasteiger partial charge in [0.05, 0.1) is 12.3 Å². The predicted molar refractivity (Wildman–Crippen MR) is 134 cm³/mol.